The highest BCUT2D eigenvalue weighted by Gasteiger charge is 2.28. The number of thiazole rings is 1. The fourth-order valence-corrected chi connectivity index (χ4v) is 2.05. The van der Waals surface area contributed by atoms with E-state index in [-0.39, 0.29) is 0 Å². The molecule has 0 bridgehead atoms. The van der Waals surface area contributed by atoms with E-state index in [9.17, 15) is 4.79 Å². The van der Waals surface area contributed by atoms with Gasteiger partial charge in [0.05, 0.1) is 0 Å². The number of hydrogen-bond donors (Lipinski definition) is 1. The summed E-state index contributed by atoms with van der Waals surface area (Å²) in [5, 5.41) is 0.508. The number of nitrogens with two attached hydrogens (primary N) is 1. The largest absolute Gasteiger partial charge is 0.375 e. The predicted octanol–water partition coefficient (Wildman–Crippen LogP) is 1.42. The van der Waals surface area contributed by atoms with Crippen molar-refractivity contribution in [3.63, 3.8) is 0 Å². The molecule has 1 fully saturated rings. The molecule has 0 unspecified atom stereocenters. The molecule has 0 spiro atoms. The van der Waals surface area contributed by atoms with E-state index in [0.717, 1.165) is 11.2 Å². The first kappa shape index (κ1) is 6.79. The molecule has 2 rings (SSSR count). The van der Waals surface area contributed by atoms with Crippen LogP contribution in [0, 0.1) is 0 Å². The highest BCUT2D eigenvalue weighted by Crippen LogP contribution is 2.44. The maximum atomic E-state index is 10.5. The van der Waals surface area contributed by atoms with Crippen LogP contribution >= 0.6 is 11.3 Å². The molecule has 2 N–H and O–H groups in total. The summed E-state index contributed by atoms with van der Waals surface area (Å²) < 4.78 is 0. The maximum Gasteiger partial charge on any atom is 0.180 e. The molecular weight excluding hydrogens is 160 g/mol. The Morgan fingerprint density at radius 2 is 2.36 bits per heavy atom. The van der Waals surface area contributed by atoms with Gasteiger partial charge in [0.15, 0.2) is 11.4 Å². The lowest BCUT2D eigenvalue weighted by molar-refractivity contribution is 0.111. The second-order valence-electron chi connectivity index (χ2n) is 2.69. The normalized spacial score (nSPS) is 16.7. The number of nitrogens with zero attached hydrogens (tertiary/aromatic N) is 1. The van der Waals surface area contributed by atoms with E-state index in [1.165, 1.54) is 24.2 Å². The van der Waals surface area contributed by atoms with Crippen LogP contribution in [0.1, 0.15) is 34.1 Å². The monoisotopic (exact) mass is 168 g/mol. The average Bonchev–Trinajstić information content (AvgIpc) is 2.75. The molecule has 4 heteroatoms. The third kappa shape index (κ3) is 1.14. The first-order valence-corrected chi connectivity index (χ1v) is 4.34. The van der Waals surface area contributed by atoms with Crippen LogP contribution in [0.2, 0.25) is 0 Å². The van der Waals surface area contributed by atoms with Crippen molar-refractivity contribution in [2.45, 2.75) is 18.8 Å². The summed E-state index contributed by atoms with van der Waals surface area (Å²) in [6.45, 7) is 0. The van der Waals surface area contributed by atoms with Gasteiger partial charge in [-0.15, -0.1) is 11.3 Å². The predicted molar refractivity (Wildman–Crippen MR) is 43.9 cm³/mol. The molecule has 1 aliphatic carbocycles. The van der Waals surface area contributed by atoms with Crippen molar-refractivity contribution in [2.24, 2.45) is 0 Å². The summed E-state index contributed by atoms with van der Waals surface area (Å²) in [6, 6.07) is 0. The van der Waals surface area contributed by atoms with E-state index in [1.54, 1.807) is 0 Å². The Bertz CT molecular complexity index is 291. The van der Waals surface area contributed by atoms with Crippen molar-refractivity contribution in [3.05, 3.63) is 10.6 Å². The van der Waals surface area contributed by atoms with Crippen LogP contribution in [0.5, 0.6) is 0 Å². The van der Waals surface area contributed by atoms with Crippen LogP contribution in [-0.4, -0.2) is 11.3 Å². The van der Waals surface area contributed by atoms with E-state index in [4.69, 9.17) is 5.73 Å². The molecule has 0 aromatic carbocycles. The zero-order chi connectivity index (χ0) is 7.84. The SMILES string of the molecule is Nc1nc(C=O)c(C2CC2)s1. The Balaban J connectivity index is 2.41. The van der Waals surface area contributed by atoms with E-state index in [0.29, 0.717) is 16.7 Å². The Labute approximate surface area is 68.2 Å². The highest BCUT2D eigenvalue weighted by molar-refractivity contribution is 7.15. The van der Waals surface area contributed by atoms with Crippen molar-refractivity contribution < 1.29 is 4.79 Å². The van der Waals surface area contributed by atoms with Gasteiger partial charge in [0.1, 0.15) is 5.69 Å². The molecule has 1 saturated carbocycles. The number of aromatic nitrogens is 1. The van der Waals surface area contributed by atoms with Gasteiger partial charge in [-0.3, -0.25) is 4.79 Å². The third-order valence-electron chi connectivity index (χ3n) is 1.76. The lowest BCUT2D eigenvalue weighted by atomic mass is 10.3. The first-order chi connectivity index (χ1) is 5.31. The zero-order valence-electron chi connectivity index (χ0n) is 5.91. The smallest absolute Gasteiger partial charge is 0.180 e. The van der Waals surface area contributed by atoms with Crippen molar-refractivity contribution >= 4 is 22.8 Å². The van der Waals surface area contributed by atoms with Crippen LogP contribution in [0.25, 0.3) is 0 Å². The van der Waals surface area contributed by atoms with E-state index in [1.807, 2.05) is 0 Å². The van der Waals surface area contributed by atoms with Gasteiger partial charge in [0.2, 0.25) is 0 Å². The van der Waals surface area contributed by atoms with Gasteiger partial charge in [-0.25, -0.2) is 4.98 Å². The number of aldehydes is 1. The number of carbonyl (C=O) groups is 1. The third-order valence-corrected chi connectivity index (χ3v) is 2.82. The van der Waals surface area contributed by atoms with E-state index < -0.39 is 0 Å². The lowest BCUT2D eigenvalue weighted by Gasteiger charge is -1.87. The molecule has 11 heavy (non-hydrogen) atoms. The van der Waals surface area contributed by atoms with E-state index in [2.05, 4.69) is 4.98 Å². The van der Waals surface area contributed by atoms with Gasteiger partial charge < -0.3 is 5.73 Å². The average molecular weight is 168 g/mol. The van der Waals surface area contributed by atoms with Gasteiger partial charge in [-0.2, -0.15) is 0 Å². The molecule has 0 saturated heterocycles. The van der Waals surface area contributed by atoms with E-state index >= 15 is 0 Å². The minimum atomic E-state index is 0.508. The minimum Gasteiger partial charge on any atom is -0.375 e. The van der Waals surface area contributed by atoms with Gasteiger partial charge in [0, 0.05) is 4.88 Å². The molecule has 58 valence electrons. The summed E-state index contributed by atoms with van der Waals surface area (Å²) in [5.41, 5.74) is 6.02. The first-order valence-electron chi connectivity index (χ1n) is 3.52. The van der Waals surface area contributed by atoms with Crippen LogP contribution in [0.3, 0.4) is 0 Å². The molecule has 1 aromatic heterocycles. The van der Waals surface area contributed by atoms with Crippen molar-refractivity contribution in [2.75, 3.05) is 5.73 Å². The quantitative estimate of drug-likeness (QED) is 0.679. The topological polar surface area (TPSA) is 56.0 Å². The molecule has 1 aliphatic rings. The summed E-state index contributed by atoms with van der Waals surface area (Å²) in [6.07, 6.45) is 3.16. The molecular formula is C7H8N2OS. The summed E-state index contributed by atoms with van der Waals surface area (Å²) in [4.78, 5) is 15.5. The molecule has 0 amide bonds. The van der Waals surface area contributed by atoms with Gasteiger partial charge in [-0.05, 0) is 18.8 Å². The number of nitrogen functional groups attached to an aromatic ring is 1. The lowest BCUT2D eigenvalue weighted by Crippen LogP contribution is -1.86. The fourth-order valence-electron chi connectivity index (χ4n) is 1.08. The van der Waals surface area contributed by atoms with Gasteiger partial charge >= 0.3 is 0 Å². The van der Waals surface area contributed by atoms with Crippen LogP contribution in [0.4, 0.5) is 5.13 Å². The Morgan fingerprint density at radius 1 is 1.64 bits per heavy atom. The second-order valence-corrected chi connectivity index (χ2v) is 3.76. The van der Waals surface area contributed by atoms with Crippen molar-refractivity contribution in [1.82, 2.24) is 4.98 Å². The van der Waals surface area contributed by atoms with Crippen LogP contribution in [0.15, 0.2) is 0 Å². The molecule has 1 aromatic rings. The van der Waals surface area contributed by atoms with Crippen LogP contribution < -0.4 is 5.73 Å². The minimum absolute atomic E-state index is 0.508. The summed E-state index contributed by atoms with van der Waals surface area (Å²) in [5.74, 6) is 0.574. The summed E-state index contributed by atoms with van der Waals surface area (Å²) in [7, 11) is 0. The molecule has 0 atom stereocenters. The highest BCUT2D eigenvalue weighted by atomic mass is 32.1. The molecule has 0 aliphatic heterocycles. The van der Waals surface area contributed by atoms with Gasteiger partial charge in [0.25, 0.3) is 0 Å². The van der Waals surface area contributed by atoms with Crippen molar-refractivity contribution in [3.8, 4) is 0 Å². The number of rotatable bonds is 2. The van der Waals surface area contributed by atoms with Crippen molar-refractivity contribution in [1.29, 1.82) is 0 Å². The zero-order valence-corrected chi connectivity index (χ0v) is 6.73. The number of carbonyl (C=O) groups excluding carboxylic acids is 1. The summed E-state index contributed by atoms with van der Waals surface area (Å²) >= 11 is 1.44. The molecule has 3 nitrogen and oxygen atoms in total. The Kier molecular flexibility index (Phi) is 1.42. The maximum absolute atomic E-state index is 10.5. The van der Waals surface area contributed by atoms with Crippen LogP contribution in [-0.2, 0) is 0 Å². The Hall–Kier alpha value is -0.900. The molecule has 1 heterocycles. The second kappa shape index (κ2) is 2.30. The molecule has 0 radical (unpaired) electrons. The number of hydrogen-bond acceptors (Lipinski definition) is 4. The number of anilines is 1. The Morgan fingerprint density at radius 3 is 2.91 bits per heavy atom. The standard InChI is InChI=1S/C7H8N2OS/c8-7-9-5(3-10)6(11-7)4-1-2-4/h3-4H,1-2H2,(H2,8,9). The van der Waals surface area contributed by atoms with Gasteiger partial charge in [-0.1, -0.05) is 0 Å². The fraction of sp³-hybridized carbons (Fsp3) is 0.429.